The molecule has 2 amide bonds. The molecule has 2 heterocycles. The molecule has 3 aromatic carbocycles. The van der Waals surface area contributed by atoms with Gasteiger partial charge in [0.1, 0.15) is 0 Å². The molecule has 1 atom stereocenters. The quantitative estimate of drug-likeness (QED) is 0.452. The van der Waals surface area contributed by atoms with Crippen molar-refractivity contribution >= 4 is 66.7 Å². The first kappa shape index (κ1) is 19.1. The molecule has 4 aromatic rings. The standard InChI is InChI=1S/C23H19N3O2S2/c1-29-17-7-4-6-16(12-17)26-13-15(11-20(26)27)22(28)25-23-24-21-18-8-3-2-5-14(18)9-10-19(21)30-23/h2-10,12,15H,11,13H2,1H3,(H,24,25,28). The number of nitrogens with zero attached hydrogens (tertiary/aromatic N) is 2. The normalized spacial score (nSPS) is 16.5. The number of hydrogen-bond donors (Lipinski definition) is 1. The van der Waals surface area contributed by atoms with Crippen molar-refractivity contribution in [1.82, 2.24) is 4.98 Å². The maximum Gasteiger partial charge on any atom is 0.231 e. The minimum Gasteiger partial charge on any atom is -0.312 e. The van der Waals surface area contributed by atoms with Gasteiger partial charge in [0.15, 0.2) is 5.13 Å². The van der Waals surface area contributed by atoms with Gasteiger partial charge >= 0.3 is 0 Å². The number of anilines is 2. The van der Waals surface area contributed by atoms with Gasteiger partial charge in [-0.15, -0.1) is 11.8 Å². The zero-order valence-corrected chi connectivity index (χ0v) is 17.9. The number of aromatic nitrogens is 1. The lowest BCUT2D eigenvalue weighted by Crippen LogP contribution is -2.28. The zero-order chi connectivity index (χ0) is 20.7. The Kier molecular flexibility index (Phi) is 4.92. The molecule has 1 saturated heterocycles. The van der Waals surface area contributed by atoms with Crippen molar-refractivity contribution in [2.45, 2.75) is 11.3 Å². The highest BCUT2D eigenvalue weighted by Gasteiger charge is 2.35. The molecule has 1 unspecified atom stereocenters. The summed E-state index contributed by atoms with van der Waals surface area (Å²) < 4.78 is 1.03. The molecular formula is C23H19N3O2S2. The van der Waals surface area contributed by atoms with Crippen LogP contribution in [-0.2, 0) is 9.59 Å². The number of carbonyl (C=O) groups is 2. The number of thioether (sulfide) groups is 1. The molecule has 0 aliphatic carbocycles. The number of hydrogen-bond acceptors (Lipinski definition) is 5. The van der Waals surface area contributed by atoms with Crippen LogP contribution in [0.3, 0.4) is 0 Å². The van der Waals surface area contributed by atoms with Gasteiger partial charge in [0.05, 0.1) is 16.1 Å². The molecule has 1 fully saturated rings. The molecule has 1 aliphatic rings. The second-order valence-electron chi connectivity index (χ2n) is 7.25. The van der Waals surface area contributed by atoms with E-state index in [2.05, 4.69) is 22.4 Å². The van der Waals surface area contributed by atoms with E-state index < -0.39 is 0 Å². The summed E-state index contributed by atoms with van der Waals surface area (Å²) in [5.74, 6) is -0.571. The van der Waals surface area contributed by atoms with Crippen molar-refractivity contribution in [3.63, 3.8) is 0 Å². The van der Waals surface area contributed by atoms with Crippen LogP contribution in [0, 0.1) is 5.92 Å². The van der Waals surface area contributed by atoms with E-state index in [0.29, 0.717) is 11.7 Å². The Morgan fingerprint density at radius 1 is 1.17 bits per heavy atom. The lowest BCUT2D eigenvalue weighted by molar-refractivity contribution is -0.122. The van der Waals surface area contributed by atoms with E-state index in [1.54, 1.807) is 16.7 Å². The molecule has 5 rings (SSSR count). The van der Waals surface area contributed by atoms with Crippen molar-refractivity contribution < 1.29 is 9.59 Å². The predicted octanol–water partition coefficient (Wildman–Crippen LogP) is 5.16. The van der Waals surface area contributed by atoms with Gasteiger partial charge in [-0.05, 0) is 35.9 Å². The van der Waals surface area contributed by atoms with Gasteiger partial charge in [-0.1, -0.05) is 47.7 Å². The second kappa shape index (κ2) is 7.74. The summed E-state index contributed by atoms with van der Waals surface area (Å²) in [6.07, 6.45) is 2.21. The van der Waals surface area contributed by atoms with E-state index >= 15 is 0 Å². The van der Waals surface area contributed by atoms with Crippen molar-refractivity contribution in [1.29, 1.82) is 0 Å². The summed E-state index contributed by atoms with van der Waals surface area (Å²) >= 11 is 3.09. The Balaban J connectivity index is 1.35. The van der Waals surface area contributed by atoms with Crippen LogP contribution < -0.4 is 10.2 Å². The fourth-order valence-electron chi connectivity index (χ4n) is 3.83. The average molecular weight is 434 g/mol. The molecule has 5 nitrogen and oxygen atoms in total. The molecule has 150 valence electrons. The minimum atomic E-state index is -0.390. The summed E-state index contributed by atoms with van der Waals surface area (Å²) in [6, 6.07) is 20.0. The molecule has 30 heavy (non-hydrogen) atoms. The third kappa shape index (κ3) is 3.44. The molecule has 0 spiro atoms. The second-order valence-corrected chi connectivity index (χ2v) is 9.16. The fourth-order valence-corrected chi connectivity index (χ4v) is 5.17. The minimum absolute atomic E-state index is 0.0244. The SMILES string of the molecule is CSc1cccc(N2CC(C(=O)Nc3nc4c(ccc5ccccc54)s3)CC2=O)c1. The molecule has 1 aromatic heterocycles. The van der Waals surface area contributed by atoms with Crippen LogP contribution in [0.5, 0.6) is 0 Å². The van der Waals surface area contributed by atoms with Gasteiger partial charge in [0.25, 0.3) is 0 Å². The van der Waals surface area contributed by atoms with Gasteiger partial charge in [-0.2, -0.15) is 0 Å². The molecule has 7 heteroatoms. The van der Waals surface area contributed by atoms with Crippen LogP contribution in [0.15, 0.2) is 65.6 Å². The maximum absolute atomic E-state index is 12.9. The average Bonchev–Trinajstić information content (AvgIpc) is 3.37. The number of rotatable bonds is 4. The summed E-state index contributed by atoms with van der Waals surface area (Å²) in [4.78, 5) is 32.9. The Hall–Kier alpha value is -2.90. The lowest BCUT2D eigenvalue weighted by Gasteiger charge is -2.17. The molecule has 0 radical (unpaired) electrons. The fraction of sp³-hybridized carbons (Fsp3) is 0.174. The summed E-state index contributed by atoms with van der Waals surface area (Å²) in [6.45, 7) is 0.385. The van der Waals surface area contributed by atoms with Gasteiger partial charge < -0.3 is 10.2 Å². The number of fused-ring (bicyclic) bond motifs is 3. The topological polar surface area (TPSA) is 62.3 Å². The van der Waals surface area contributed by atoms with Gasteiger partial charge in [-0.3, -0.25) is 9.59 Å². The number of amides is 2. The van der Waals surface area contributed by atoms with E-state index in [0.717, 1.165) is 31.6 Å². The van der Waals surface area contributed by atoms with Crippen LogP contribution in [0.1, 0.15) is 6.42 Å². The Morgan fingerprint density at radius 3 is 2.90 bits per heavy atom. The predicted molar refractivity (Wildman–Crippen MR) is 124 cm³/mol. The van der Waals surface area contributed by atoms with Crippen LogP contribution in [0.25, 0.3) is 21.0 Å². The smallest absolute Gasteiger partial charge is 0.231 e. The van der Waals surface area contributed by atoms with E-state index in [-0.39, 0.29) is 24.2 Å². The summed E-state index contributed by atoms with van der Waals surface area (Å²) in [7, 11) is 0. The Bertz CT molecular complexity index is 1280. The van der Waals surface area contributed by atoms with Crippen LogP contribution in [0.4, 0.5) is 10.8 Å². The molecule has 0 saturated carbocycles. The first-order valence-corrected chi connectivity index (χ1v) is 11.7. The van der Waals surface area contributed by atoms with Crippen LogP contribution >= 0.6 is 23.1 Å². The maximum atomic E-state index is 12.9. The van der Waals surface area contributed by atoms with Crippen molar-refractivity contribution in [3.05, 3.63) is 60.7 Å². The summed E-state index contributed by atoms with van der Waals surface area (Å²) in [5.41, 5.74) is 1.74. The lowest BCUT2D eigenvalue weighted by atomic mass is 10.1. The number of carbonyl (C=O) groups excluding carboxylic acids is 2. The highest BCUT2D eigenvalue weighted by Crippen LogP contribution is 2.33. The van der Waals surface area contributed by atoms with Crippen LogP contribution in [0.2, 0.25) is 0 Å². The van der Waals surface area contributed by atoms with Crippen LogP contribution in [-0.4, -0.2) is 29.6 Å². The van der Waals surface area contributed by atoms with E-state index in [4.69, 9.17) is 0 Å². The first-order chi connectivity index (χ1) is 14.6. The van der Waals surface area contributed by atoms with Gasteiger partial charge in [0.2, 0.25) is 11.8 Å². The van der Waals surface area contributed by atoms with E-state index in [1.807, 2.05) is 54.8 Å². The molecule has 1 aliphatic heterocycles. The van der Waals surface area contributed by atoms with Gasteiger partial charge in [-0.25, -0.2) is 4.98 Å². The zero-order valence-electron chi connectivity index (χ0n) is 16.3. The Labute approximate surface area is 182 Å². The van der Waals surface area contributed by atoms with E-state index in [1.165, 1.54) is 11.3 Å². The third-order valence-corrected chi connectivity index (χ3v) is 7.04. The highest BCUT2D eigenvalue weighted by atomic mass is 32.2. The molecular weight excluding hydrogens is 414 g/mol. The third-order valence-electron chi connectivity index (χ3n) is 5.37. The van der Waals surface area contributed by atoms with E-state index in [9.17, 15) is 9.59 Å². The van der Waals surface area contributed by atoms with Crippen molar-refractivity contribution in [2.24, 2.45) is 5.92 Å². The largest absolute Gasteiger partial charge is 0.312 e. The number of nitrogens with one attached hydrogen (secondary N) is 1. The van der Waals surface area contributed by atoms with Crippen molar-refractivity contribution in [3.8, 4) is 0 Å². The molecule has 1 N–H and O–H groups in total. The number of thiazole rings is 1. The number of benzene rings is 3. The first-order valence-electron chi connectivity index (χ1n) is 9.66. The van der Waals surface area contributed by atoms with Gasteiger partial charge in [0, 0.05) is 28.9 Å². The Morgan fingerprint density at radius 2 is 2.03 bits per heavy atom. The monoisotopic (exact) mass is 433 g/mol. The summed E-state index contributed by atoms with van der Waals surface area (Å²) in [5, 5.41) is 5.70. The molecule has 0 bridgehead atoms. The highest BCUT2D eigenvalue weighted by molar-refractivity contribution is 7.98. The van der Waals surface area contributed by atoms with Crippen molar-refractivity contribution in [2.75, 3.05) is 23.0 Å².